The predicted molar refractivity (Wildman–Crippen MR) is 79.8 cm³/mol. The smallest absolute Gasteiger partial charge is 0.335 e. The van der Waals surface area contributed by atoms with Gasteiger partial charge < -0.3 is 14.4 Å². The number of allylic oxidation sites excluding steroid dienone is 1. The molecule has 3 rings (SSSR count). The second kappa shape index (κ2) is 6.08. The number of carbonyl (C=O) groups is 1. The Morgan fingerprint density at radius 3 is 2.86 bits per heavy atom. The number of ether oxygens (including phenoxy) is 2. The van der Waals surface area contributed by atoms with Crippen LogP contribution in [0.5, 0.6) is 0 Å². The fourth-order valence-corrected chi connectivity index (χ4v) is 3.44. The number of esters is 1. The number of fused-ring (bicyclic) bond motifs is 1. The summed E-state index contributed by atoms with van der Waals surface area (Å²) < 4.78 is 10.8. The lowest BCUT2D eigenvalue weighted by atomic mass is 9.98. The normalized spacial score (nSPS) is 25.0. The third-order valence-electron chi connectivity index (χ3n) is 4.14. The highest BCUT2D eigenvalue weighted by atomic mass is 35.5. The van der Waals surface area contributed by atoms with Gasteiger partial charge in [-0.05, 0) is 18.4 Å². The summed E-state index contributed by atoms with van der Waals surface area (Å²) in [5, 5.41) is 0. The third-order valence-corrected chi connectivity index (χ3v) is 4.39. The summed E-state index contributed by atoms with van der Waals surface area (Å²) in [6, 6.07) is 10.3. The van der Waals surface area contributed by atoms with E-state index in [1.54, 1.807) is 0 Å². The van der Waals surface area contributed by atoms with Crippen molar-refractivity contribution in [2.24, 2.45) is 0 Å². The summed E-state index contributed by atoms with van der Waals surface area (Å²) >= 11 is 6.13. The van der Waals surface area contributed by atoms with E-state index in [0.717, 1.165) is 12.1 Å². The topological polar surface area (TPSA) is 38.8 Å². The fraction of sp³-hybridized carbons (Fsp3) is 0.438. The molecule has 0 saturated carbocycles. The zero-order valence-corrected chi connectivity index (χ0v) is 12.7. The molecular formula is C16H18ClNO3. The molecule has 2 atom stereocenters. The molecule has 21 heavy (non-hydrogen) atoms. The first-order valence-corrected chi connectivity index (χ1v) is 7.61. The number of rotatable bonds is 3. The maximum Gasteiger partial charge on any atom is 0.335 e. The summed E-state index contributed by atoms with van der Waals surface area (Å²) in [6.45, 7) is 0.615. The molecule has 4 nitrogen and oxygen atoms in total. The highest BCUT2D eigenvalue weighted by molar-refractivity contribution is 6.19. The first-order chi connectivity index (χ1) is 10.3. The van der Waals surface area contributed by atoms with Crippen LogP contribution in [-0.4, -0.2) is 36.7 Å². The quantitative estimate of drug-likeness (QED) is 0.636. The number of nitrogens with zero attached hydrogens (tertiary/aromatic N) is 1. The van der Waals surface area contributed by atoms with Crippen molar-refractivity contribution < 1.29 is 14.3 Å². The van der Waals surface area contributed by atoms with Gasteiger partial charge in [0.1, 0.15) is 6.23 Å². The molecule has 0 unspecified atom stereocenters. The van der Waals surface area contributed by atoms with Gasteiger partial charge in [0.2, 0.25) is 0 Å². The van der Waals surface area contributed by atoms with Crippen molar-refractivity contribution in [1.82, 2.24) is 4.90 Å². The Labute approximate surface area is 129 Å². The maximum atomic E-state index is 12.0. The Hall–Kier alpha value is -1.52. The van der Waals surface area contributed by atoms with Crippen molar-refractivity contribution in [1.29, 1.82) is 0 Å². The highest BCUT2D eigenvalue weighted by Gasteiger charge is 2.41. The summed E-state index contributed by atoms with van der Waals surface area (Å²) in [4.78, 5) is 14.1. The molecule has 1 fully saturated rings. The van der Waals surface area contributed by atoms with Crippen LogP contribution in [0.3, 0.4) is 0 Å². The van der Waals surface area contributed by atoms with E-state index >= 15 is 0 Å². The van der Waals surface area contributed by atoms with Crippen LogP contribution in [0.4, 0.5) is 0 Å². The van der Waals surface area contributed by atoms with Gasteiger partial charge in [-0.1, -0.05) is 30.3 Å². The largest absolute Gasteiger partial charge is 0.466 e. The Kier molecular flexibility index (Phi) is 4.17. The summed E-state index contributed by atoms with van der Waals surface area (Å²) in [5.41, 5.74) is 2.69. The number of benzene rings is 1. The van der Waals surface area contributed by atoms with E-state index in [0.29, 0.717) is 18.6 Å². The minimum atomic E-state index is -0.289. The minimum absolute atomic E-state index is 0.00244. The van der Waals surface area contributed by atoms with Gasteiger partial charge in [-0.3, -0.25) is 0 Å². The Morgan fingerprint density at radius 2 is 2.19 bits per heavy atom. The standard InChI is InChI=1S/C16H18ClNO3/c1-20-16(19)12-7-8-15-18(13(12)9-17)14(10-21-15)11-5-3-2-4-6-11/h2-6,14-15H,7-10H2,1H3/t14-,15+/m1/s1. The van der Waals surface area contributed by atoms with Gasteiger partial charge in [0.25, 0.3) is 0 Å². The van der Waals surface area contributed by atoms with E-state index in [9.17, 15) is 4.79 Å². The van der Waals surface area contributed by atoms with Gasteiger partial charge >= 0.3 is 5.97 Å². The second-order valence-electron chi connectivity index (χ2n) is 5.21. The zero-order chi connectivity index (χ0) is 14.8. The van der Waals surface area contributed by atoms with Crippen LogP contribution < -0.4 is 0 Å². The van der Waals surface area contributed by atoms with Crippen LogP contribution in [0.25, 0.3) is 0 Å². The van der Waals surface area contributed by atoms with Crippen LogP contribution in [0, 0.1) is 0 Å². The van der Waals surface area contributed by atoms with Crippen LogP contribution in [-0.2, 0) is 14.3 Å². The molecule has 2 heterocycles. The van der Waals surface area contributed by atoms with Crippen molar-refractivity contribution >= 4 is 17.6 Å². The van der Waals surface area contributed by atoms with Crippen molar-refractivity contribution in [3.63, 3.8) is 0 Å². The van der Waals surface area contributed by atoms with Gasteiger partial charge in [-0.2, -0.15) is 0 Å². The van der Waals surface area contributed by atoms with Crippen LogP contribution in [0.1, 0.15) is 24.4 Å². The Balaban J connectivity index is 1.99. The molecule has 1 aromatic rings. The number of alkyl halides is 1. The van der Waals surface area contributed by atoms with Crippen LogP contribution >= 0.6 is 11.6 Å². The van der Waals surface area contributed by atoms with E-state index in [1.807, 2.05) is 18.2 Å². The number of halogens is 1. The van der Waals surface area contributed by atoms with Gasteiger partial charge in [-0.25, -0.2) is 4.79 Å². The number of hydrogen-bond acceptors (Lipinski definition) is 4. The molecule has 0 bridgehead atoms. The average molecular weight is 308 g/mol. The van der Waals surface area contributed by atoms with E-state index in [2.05, 4.69) is 17.0 Å². The summed E-state index contributed by atoms with van der Waals surface area (Å²) in [5.74, 6) is -0.00372. The Morgan fingerprint density at radius 1 is 1.43 bits per heavy atom. The number of carbonyl (C=O) groups excluding carboxylic acids is 1. The van der Waals surface area contributed by atoms with Crippen LogP contribution in [0.15, 0.2) is 41.6 Å². The lowest BCUT2D eigenvalue weighted by Gasteiger charge is -2.36. The number of methoxy groups -OCH3 is 1. The summed E-state index contributed by atoms with van der Waals surface area (Å²) in [6.07, 6.45) is 1.43. The molecule has 1 aromatic carbocycles. The first-order valence-electron chi connectivity index (χ1n) is 7.07. The third kappa shape index (κ3) is 2.54. The van der Waals surface area contributed by atoms with E-state index in [1.165, 1.54) is 12.7 Å². The molecule has 0 amide bonds. The minimum Gasteiger partial charge on any atom is -0.466 e. The second-order valence-corrected chi connectivity index (χ2v) is 5.48. The fourth-order valence-electron chi connectivity index (χ4n) is 3.14. The van der Waals surface area contributed by atoms with Gasteiger partial charge in [-0.15, -0.1) is 11.6 Å². The van der Waals surface area contributed by atoms with Crippen molar-refractivity contribution in [2.45, 2.75) is 25.1 Å². The monoisotopic (exact) mass is 307 g/mol. The lowest BCUT2D eigenvalue weighted by molar-refractivity contribution is -0.136. The van der Waals surface area contributed by atoms with Crippen LogP contribution in [0.2, 0.25) is 0 Å². The maximum absolute atomic E-state index is 12.0. The molecular weight excluding hydrogens is 290 g/mol. The predicted octanol–water partition coefficient (Wildman–Crippen LogP) is 2.85. The highest BCUT2D eigenvalue weighted by Crippen LogP contribution is 2.41. The molecule has 2 aliphatic heterocycles. The molecule has 0 aromatic heterocycles. The van der Waals surface area contributed by atoms with E-state index in [-0.39, 0.29) is 24.1 Å². The molecule has 112 valence electrons. The number of hydrogen-bond donors (Lipinski definition) is 0. The molecule has 0 radical (unpaired) electrons. The zero-order valence-electron chi connectivity index (χ0n) is 11.9. The lowest BCUT2D eigenvalue weighted by Crippen LogP contribution is -2.38. The van der Waals surface area contributed by atoms with E-state index in [4.69, 9.17) is 21.1 Å². The molecule has 0 aliphatic carbocycles. The Bertz CT molecular complexity index is 558. The van der Waals surface area contributed by atoms with E-state index < -0.39 is 0 Å². The summed E-state index contributed by atoms with van der Waals surface area (Å²) in [7, 11) is 1.41. The molecule has 0 N–H and O–H groups in total. The molecule has 0 spiro atoms. The average Bonchev–Trinajstić information content (AvgIpc) is 2.98. The van der Waals surface area contributed by atoms with Gasteiger partial charge in [0, 0.05) is 5.70 Å². The van der Waals surface area contributed by atoms with Gasteiger partial charge in [0.15, 0.2) is 0 Å². The first kappa shape index (κ1) is 14.4. The molecule has 2 aliphatic rings. The van der Waals surface area contributed by atoms with Crippen molar-refractivity contribution in [2.75, 3.05) is 19.6 Å². The SMILES string of the molecule is COC(=O)C1=C(CCl)N2[C@H](CC1)OC[C@@H]2c1ccccc1. The van der Waals surface area contributed by atoms with Gasteiger partial charge in [0.05, 0.1) is 31.2 Å². The molecule has 1 saturated heterocycles. The molecule has 5 heteroatoms. The van der Waals surface area contributed by atoms with Crippen molar-refractivity contribution in [3.05, 3.63) is 47.2 Å². The van der Waals surface area contributed by atoms with Crippen molar-refractivity contribution in [3.8, 4) is 0 Å².